The summed E-state index contributed by atoms with van der Waals surface area (Å²) in [4.78, 5) is 21.2. The highest BCUT2D eigenvalue weighted by Gasteiger charge is 2.23. The minimum Gasteiger partial charge on any atom is -0.497 e. The molecule has 0 spiro atoms. The smallest absolute Gasteiger partial charge is 0.220 e. The van der Waals surface area contributed by atoms with Crippen LogP contribution in [0.1, 0.15) is 32.6 Å². The third-order valence-electron chi connectivity index (χ3n) is 5.10. The lowest BCUT2D eigenvalue weighted by Gasteiger charge is -2.37. The third kappa shape index (κ3) is 7.56. The van der Waals surface area contributed by atoms with E-state index in [1.807, 2.05) is 12.1 Å². The second-order valence-corrected chi connectivity index (χ2v) is 7.36. The number of carbonyl (C=O) groups is 1. The molecular weight excluding hydrogens is 481 g/mol. The Hall–Kier alpha value is -1.71. The molecule has 162 valence electrons. The predicted molar refractivity (Wildman–Crippen MR) is 129 cm³/mol. The molecule has 0 radical (unpaired) electrons. The van der Waals surface area contributed by atoms with E-state index in [2.05, 4.69) is 39.5 Å². The molecule has 2 N–H and O–H groups in total. The lowest BCUT2D eigenvalue weighted by molar-refractivity contribution is -0.121. The molecule has 8 heteroatoms. The summed E-state index contributed by atoms with van der Waals surface area (Å²) in [5, 5.41) is 6.42. The van der Waals surface area contributed by atoms with Crippen molar-refractivity contribution in [2.45, 2.75) is 38.6 Å². The monoisotopic (exact) mass is 515 g/mol. The molecule has 29 heavy (non-hydrogen) atoms. The van der Waals surface area contributed by atoms with Gasteiger partial charge in [0.15, 0.2) is 5.96 Å². The van der Waals surface area contributed by atoms with Gasteiger partial charge in [0, 0.05) is 63.5 Å². The first-order valence-corrected chi connectivity index (χ1v) is 10.4. The summed E-state index contributed by atoms with van der Waals surface area (Å²) < 4.78 is 5.34. The minimum absolute atomic E-state index is 0. The lowest BCUT2D eigenvalue weighted by Crippen LogP contribution is -2.52. The van der Waals surface area contributed by atoms with Crippen LogP contribution in [0.2, 0.25) is 0 Å². The molecule has 0 atom stereocenters. The molecule has 1 amide bonds. The van der Waals surface area contributed by atoms with Crippen LogP contribution in [0.25, 0.3) is 0 Å². The van der Waals surface area contributed by atoms with Crippen LogP contribution in [0.5, 0.6) is 5.75 Å². The van der Waals surface area contributed by atoms with E-state index in [1.165, 1.54) is 5.69 Å². The van der Waals surface area contributed by atoms with Crippen LogP contribution >= 0.6 is 24.0 Å². The fraction of sp³-hybridized carbons (Fsp3) is 0.619. The van der Waals surface area contributed by atoms with E-state index in [0.717, 1.165) is 63.7 Å². The van der Waals surface area contributed by atoms with Gasteiger partial charge in [-0.05, 0) is 38.3 Å². The van der Waals surface area contributed by atoms with E-state index in [9.17, 15) is 4.79 Å². The van der Waals surface area contributed by atoms with Crippen molar-refractivity contribution in [3.8, 4) is 5.75 Å². The Kier molecular flexibility index (Phi) is 9.83. The molecule has 0 aromatic heterocycles. The zero-order chi connectivity index (χ0) is 19.8. The Bertz CT molecular complexity index is 673. The Balaban J connectivity index is 0.00000300. The van der Waals surface area contributed by atoms with Gasteiger partial charge in [0.1, 0.15) is 5.75 Å². The largest absolute Gasteiger partial charge is 0.497 e. The number of benzene rings is 1. The van der Waals surface area contributed by atoms with Gasteiger partial charge in [-0.2, -0.15) is 0 Å². The third-order valence-corrected chi connectivity index (χ3v) is 5.10. The number of nitrogens with one attached hydrogen (secondary N) is 2. The van der Waals surface area contributed by atoms with Crippen LogP contribution in [0.3, 0.4) is 0 Å². The van der Waals surface area contributed by atoms with Crippen molar-refractivity contribution < 1.29 is 9.53 Å². The number of anilines is 1. The standard InChI is InChI=1S/C21H33N5O2.HI/c1-3-22-21(23-11-5-8-20(27)24-17-9-10-17)26-14-12-25(13-15-26)18-6-4-7-19(16-18)28-2;/h4,6-7,16-17H,3,5,8-15H2,1-2H3,(H,22,23)(H,24,27);1H. The summed E-state index contributed by atoms with van der Waals surface area (Å²) in [6.45, 7) is 7.35. The van der Waals surface area contributed by atoms with Crippen LogP contribution in [-0.4, -0.2) is 69.2 Å². The number of halogens is 1. The Morgan fingerprint density at radius 1 is 1.24 bits per heavy atom. The molecule has 0 bridgehead atoms. The van der Waals surface area contributed by atoms with Crippen molar-refractivity contribution in [2.24, 2.45) is 4.99 Å². The summed E-state index contributed by atoms with van der Waals surface area (Å²) in [5.74, 6) is 2.01. The molecule has 3 rings (SSSR count). The average Bonchev–Trinajstić information content (AvgIpc) is 3.54. The maximum Gasteiger partial charge on any atom is 0.220 e. The van der Waals surface area contributed by atoms with Gasteiger partial charge in [0.05, 0.1) is 7.11 Å². The van der Waals surface area contributed by atoms with E-state index in [0.29, 0.717) is 19.0 Å². The van der Waals surface area contributed by atoms with Crippen LogP contribution in [0.4, 0.5) is 5.69 Å². The fourth-order valence-electron chi connectivity index (χ4n) is 3.36. The molecular formula is C21H34IN5O2. The molecule has 2 aliphatic rings. The summed E-state index contributed by atoms with van der Waals surface area (Å²) in [7, 11) is 1.70. The number of hydrogen-bond donors (Lipinski definition) is 2. The Morgan fingerprint density at radius 3 is 2.66 bits per heavy atom. The molecule has 1 saturated heterocycles. The number of guanidine groups is 1. The van der Waals surface area contributed by atoms with Gasteiger partial charge in [0.2, 0.25) is 5.91 Å². The van der Waals surface area contributed by atoms with Gasteiger partial charge in [0.25, 0.3) is 0 Å². The molecule has 1 aromatic carbocycles. The van der Waals surface area contributed by atoms with Crippen molar-refractivity contribution in [2.75, 3.05) is 51.3 Å². The van der Waals surface area contributed by atoms with Gasteiger partial charge < -0.3 is 25.2 Å². The number of methoxy groups -OCH3 is 1. The van der Waals surface area contributed by atoms with Gasteiger partial charge in [-0.25, -0.2) is 0 Å². The second kappa shape index (κ2) is 12.1. The van der Waals surface area contributed by atoms with Gasteiger partial charge in [-0.3, -0.25) is 9.79 Å². The van der Waals surface area contributed by atoms with E-state index >= 15 is 0 Å². The van der Waals surface area contributed by atoms with Crippen molar-refractivity contribution in [3.63, 3.8) is 0 Å². The average molecular weight is 515 g/mol. The molecule has 1 heterocycles. The summed E-state index contributed by atoms with van der Waals surface area (Å²) >= 11 is 0. The number of ether oxygens (including phenoxy) is 1. The molecule has 0 unspecified atom stereocenters. The highest BCUT2D eigenvalue weighted by Crippen LogP contribution is 2.22. The van der Waals surface area contributed by atoms with E-state index in [4.69, 9.17) is 9.73 Å². The quantitative estimate of drug-likeness (QED) is 0.241. The number of amides is 1. The van der Waals surface area contributed by atoms with Crippen LogP contribution in [0.15, 0.2) is 29.3 Å². The van der Waals surface area contributed by atoms with Gasteiger partial charge >= 0.3 is 0 Å². The van der Waals surface area contributed by atoms with E-state index in [-0.39, 0.29) is 29.9 Å². The zero-order valence-electron chi connectivity index (χ0n) is 17.5. The molecule has 1 saturated carbocycles. The van der Waals surface area contributed by atoms with Crippen LogP contribution in [-0.2, 0) is 4.79 Å². The maximum atomic E-state index is 11.8. The molecule has 1 aliphatic heterocycles. The van der Waals surface area contributed by atoms with Crippen LogP contribution in [0, 0.1) is 0 Å². The predicted octanol–water partition coefficient (Wildman–Crippen LogP) is 2.46. The highest BCUT2D eigenvalue weighted by atomic mass is 127. The highest BCUT2D eigenvalue weighted by molar-refractivity contribution is 14.0. The number of aliphatic imine (C=N–C) groups is 1. The topological polar surface area (TPSA) is 69.2 Å². The first kappa shape index (κ1) is 23.6. The summed E-state index contributed by atoms with van der Waals surface area (Å²) in [6, 6.07) is 8.66. The fourth-order valence-corrected chi connectivity index (χ4v) is 3.36. The molecule has 1 aliphatic carbocycles. The van der Waals surface area contributed by atoms with Gasteiger partial charge in [-0.1, -0.05) is 6.07 Å². The van der Waals surface area contributed by atoms with Gasteiger partial charge in [-0.15, -0.1) is 24.0 Å². The maximum absolute atomic E-state index is 11.8. The first-order valence-electron chi connectivity index (χ1n) is 10.4. The molecule has 7 nitrogen and oxygen atoms in total. The van der Waals surface area contributed by atoms with E-state index in [1.54, 1.807) is 7.11 Å². The second-order valence-electron chi connectivity index (χ2n) is 7.36. The number of hydrogen-bond acceptors (Lipinski definition) is 4. The zero-order valence-corrected chi connectivity index (χ0v) is 19.9. The molecule has 1 aromatic rings. The number of carbonyl (C=O) groups excluding carboxylic acids is 1. The van der Waals surface area contributed by atoms with Crippen molar-refractivity contribution in [1.82, 2.24) is 15.5 Å². The summed E-state index contributed by atoms with van der Waals surface area (Å²) in [5.41, 5.74) is 1.20. The SMILES string of the molecule is CCNC(=NCCCC(=O)NC1CC1)N1CCN(c2cccc(OC)c2)CC1.I. The summed E-state index contributed by atoms with van der Waals surface area (Å²) in [6.07, 6.45) is 3.62. The van der Waals surface area contributed by atoms with E-state index < -0.39 is 0 Å². The molecule has 2 fully saturated rings. The number of rotatable bonds is 8. The lowest BCUT2D eigenvalue weighted by atomic mass is 10.2. The van der Waals surface area contributed by atoms with Crippen molar-refractivity contribution in [1.29, 1.82) is 0 Å². The Morgan fingerprint density at radius 2 is 2.00 bits per heavy atom. The van der Waals surface area contributed by atoms with Crippen molar-refractivity contribution >= 4 is 41.5 Å². The number of nitrogens with zero attached hydrogens (tertiary/aromatic N) is 3. The first-order chi connectivity index (χ1) is 13.7. The van der Waals surface area contributed by atoms with Crippen molar-refractivity contribution in [3.05, 3.63) is 24.3 Å². The minimum atomic E-state index is 0. The normalized spacial score (nSPS) is 16.8. The van der Waals surface area contributed by atoms with Crippen LogP contribution < -0.4 is 20.3 Å². The number of piperazine rings is 1. The Labute approximate surface area is 191 Å².